The molecule has 0 aromatic rings. The van der Waals surface area contributed by atoms with Gasteiger partial charge in [-0.1, -0.05) is 11.1 Å². The van der Waals surface area contributed by atoms with Crippen molar-refractivity contribution in [1.82, 2.24) is 0 Å². The van der Waals surface area contributed by atoms with Crippen molar-refractivity contribution in [2.45, 2.75) is 13.8 Å². The summed E-state index contributed by atoms with van der Waals surface area (Å²) in [4.78, 5) is 26.5. The minimum Gasteiger partial charge on any atom is -0.461 e. The van der Waals surface area contributed by atoms with Crippen LogP contribution in [0, 0.1) is 12.3 Å². The van der Waals surface area contributed by atoms with Crippen LogP contribution in [0.1, 0.15) is 13.8 Å². The Morgan fingerprint density at radius 2 is 2.14 bits per heavy atom. The normalized spacial score (nSPS) is 10.2. The summed E-state index contributed by atoms with van der Waals surface area (Å²) in [5.41, 5.74) is -0.387. The van der Waals surface area contributed by atoms with E-state index in [9.17, 15) is 9.59 Å². The van der Waals surface area contributed by atoms with E-state index in [-0.39, 0.29) is 18.9 Å². The van der Waals surface area contributed by atoms with Gasteiger partial charge in [0.2, 0.25) is 5.71 Å². The zero-order valence-electron chi connectivity index (χ0n) is 8.07. The van der Waals surface area contributed by atoms with Crippen molar-refractivity contribution in [3.63, 3.8) is 0 Å². The Morgan fingerprint density at radius 3 is 2.57 bits per heavy atom. The second kappa shape index (κ2) is 6.66. The van der Waals surface area contributed by atoms with Crippen LogP contribution in [0.5, 0.6) is 0 Å². The molecule has 5 nitrogen and oxygen atoms in total. The van der Waals surface area contributed by atoms with Crippen LogP contribution in [0.15, 0.2) is 5.16 Å². The molecular weight excluding hydrogens is 186 g/mol. The fourth-order valence-electron chi connectivity index (χ4n) is 0.579. The number of carbonyl (C=O) groups excluding carboxylic acids is 2. The minimum atomic E-state index is -0.808. The zero-order valence-corrected chi connectivity index (χ0v) is 8.07. The highest BCUT2D eigenvalue weighted by Gasteiger charge is 2.18. The first kappa shape index (κ1) is 12.2. The standard InChI is InChI=1S/C9H11NO4/c1-4-6-14-10-8(7(3)11)9(12)13-5-2/h1H,5-6H2,2-3H3/b10-8+. The number of ketones is 1. The molecule has 0 unspecified atom stereocenters. The van der Waals surface area contributed by atoms with Gasteiger partial charge >= 0.3 is 5.97 Å². The number of esters is 1. The molecule has 5 heteroatoms. The number of nitrogens with zero attached hydrogens (tertiary/aromatic N) is 1. The Balaban J connectivity index is 4.44. The number of hydrogen-bond acceptors (Lipinski definition) is 5. The average Bonchev–Trinajstić information content (AvgIpc) is 2.12. The maximum absolute atomic E-state index is 11.1. The van der Waals surface area contributed by atoms with Crippen LogP contribution in [0.3, 0.4) is 0 Å². The lowest BCUT2D eigenvalue weighted by atomic mass is 10.3. The number of Topliss-reactive ketones (excluding diaryl/α,β-unsaturated/α-hetero) is 1. The van der Waals surface area contributed by atoms with Crippen molar-refractivity contribution in [2.75, 3.05) is 13.2 Å². The Labute approximate surface area is 82.1 Å². The van der Waals surface area contributed by atoms with E-state index in [4.69, 9.17) is 6.42 Å². The molecule has 0 N–H and O–H groups in total. The van der Waals surface area contributed by atoms with Crippen LogP contribution in [0.2, 0.25) is 0 Å². The van der Waals surface area contributed by atoms with Gasteiger partial charge in [0, 0.05) is 6.92 Å². The van der Waals surface area contributed by atoms with Gasteiger partial charge in [0.05, 0.1) is 6.61 Å². The number of carbonyl (C=O) groups is 2. The van der Waals surface area contributed by atoms with E-state index in [1.807, 2.05) is 0 Å². The molecule has 0 amide bonds. The zero-order chi connectivity index (χ0) is 11.0. The third kappa shape index (κ3) is 4.26. The van der Waals surface area contributed by atoms with Gasteiger partial charge in [0.25, 0.3) is 0 Å². The SMILES string of the molecule is C#CCO/N=C(\C(C)=O)C(=O)OCC. The topological polar surface area (TPSA) is 65.0 Å². The van der Waals surface area contributed by atoms with Crippen molar-refractivity contribution >= 4 is 17.5 Å². The molecule has 0 heterocycles. The van der Waals surface area contributed by atoms with E-state index < -0.39 is 11.8 Å². The summed E-state index contributed by atoms with van der Waals surface area (Å²) < 4.78 is 4.57. The van der Waals surface area contributed by atoms with Crippen molar-refractivity contribution in [3.05, 3.63) is 0 Å². The predicted molar refractivity (Wildman–Crippen MR) is 49.5 cm³/mol. The van der Waals surface area contributed by atoms with Gasteiger partial charge < -0.3 is 9.57 Å². The lowest BCUT2D eigenvalue weighted by molar-refractivity contribution is -0.135. The van der Waals surface area contributed by atoms with Gasteiger partial charge in [-0.2, -0.15) is 0 Å². The number of rotatable bonds is 5. The minimum absolute atomic E-state index is 0.101. The highest BCUT2D eigenvalue weighted by atomic mass is 16.6. The van der Waals surface area contributed by atoms with Gasteiger partial charge in [-0.3, -0.25) is 4.79 Å². The summed E-state index contributed by atoms with van der Waals surface area (Å²) in [7, 11) is 0. The molecule has 0 bridgehead atoms. The maximum Gasteiger partial charge on any atom is 0.364 e. The largest absolute Gasteiger partial charge is 0.461 e. The number of oxime groups is 1. The Hall–Kier alpha value is -1.83. The summed E-state index contributed by atoms with van der Waals surface area (Å²) in [5.74, 6) is 0.805. The van der Waals surface area contributed by atoms with E-state index in [1.165, 1.54) is 6.92 Å². The molecule has 0 aliphatic rings. The quantitative estimate of drug-likeness (QED) is 0.157. The molecule has 0 saturated carbocycles. The lowest BCUT2D eigenvalue weighted by Gasteiger charge is -2.01. The van der Waals surface area contributed by atoms with Crippen molar-refractivity contribution in [1.29, 1.82) is 0 Å². The molecule has 0 rings (SSSR count). The lowest BCUT2D eigenvalue weighted by Crippen LogP contribution is -2.24. The highest BCUT2D eigenvalue weighted by Crippen LogP contribution is 1.89. The molecule has 0 aromatic heterocycles. The van der Waals surface area contributed by atoms with E-state index in [1.54, 1.807) is 6.92 Å². The molecule has 0 fully saturated rings. The van der Waals surface area contributed by atoms with Crippen LogP contribution >= 0.6 is 0 Å². The number of terminal acetylenes is 1. The van der Waals surface area contributed by atoms with Crippen molar-refractivity contribution in [2.24, 2.45) is 5.16 Å². The van der Waals surface area contributed by atoms with Crippen molar-refractivity contribution < 1.29 is 19.2 Å². The first-order valence-corrected chi connectivity index (χ1v) is 3.95. The molecule has 0 saturated heterocycles. The average molecular weight is 197 g/mol. The molecule has 0 aromatic carbocycles. The van der Waals surface area contributed by atoms with E-state index in [2.05, 4.69) is 20.7 Å². The Morgan fingerprint density at radius 1 is 1.50 bits per heavy atom. The maximum atomic E-state index is 11.1. The van der Waals surface area contributed by atoms with Gasteiger partial charge in [-0.25, -0.2) is 4.79 Å². The predicted octanol–water partition coefficient (Wildman–Crippen LogP) is 0.144. The summed E-state index contributed by atoms with van der Waals surface area (Å²) >= 11 is 0. The van der Waals surface area contributed by atoms with Gasteiger partial charge in [-0.05, 0) is 6.92 Å². The summed E-state index contributed by atoms with van der Waals surface area (Å²) in [6.45, 7) is 2.88. The van der Waals surface area contributed by atoms with Gasteiger partial charge in [0.1, 0.15) is 0 Å². The fourth-order valence-corrected chi connectivity index (χ4v) is 0.579. The smallest absolute Gasteiger partial charge is 0.364 e. The summed E-state index contributed by atoms with van der Waals surface area (Å²) in [6, 6.07) is 0. The molecule has 0 aliphatic carbocycles. The monoisotopic (exact) mass is 197 g/mol. The first-order chi connectivity index (χ1) is 6.63. The number of hydrogen-bond donors (Lipinski definition) is 0. The van der Waals surface area contributed by atoms with Crippen LogP contribution in [0.4, 0.5) is 0 Å². The summed E-state index contributed by atoms with van der Waals surface area (Å²) in [6.07, 6.45) is 4.88. The second-order valence-corrected chi connectivity index (χ2v) is 2.19. The Bertz CT molecular complexity index is 288. The molecule has 0 atom stereocenters. The molecule has 0 aliphatic heterocycles. The van der Waals surface area contributed by atoms with Crippen LogP contribution in [-0.4, -0.2) is 30.7 Å². The number of ether oxygens (including phenoxy) is 1. The molecule has 76 valence electrons. The van der Waals surface area contributed by atoms with Crippen LogP contribution in [0.25, 0.3) is 0 Å². The molecular formula is C9H11NO4. The third-order valence-corrected chi connectivity index (χ3v) is 1.11. The summed E-state index contributed by atoms with van der Waals surface area (Å²) in [5, 5.41) is 3.28. The highest BCUT2D eigenvalue weighted by molar-refractivity contribution is 6.63. The van der Waals surface area contributed by atoms with Crippen LogP contribution in [-0.2, 0) is 19.2 Å². The molecule has 14 heavy (non-hydrogen) atoms. The molecule has 0 radical (unpaired) electrons. The van der Waals surface area contributed by atoms with E-state index >= 15 is 0 Å². The second-order valence-electron chi connectivity index (χ2n) is 2.19. The van der Waals surface area contributed by atoms with Crippen molar-refractivity contribution in [3.8, 4) is 12.3 Å². The van der Waals surface area contributed by atoms with Gasteiger partial charge in [0.15, 0.2) is 12.4 Å². The third-order valence-electron chi connectivity index (χ3n) is 1.11. The fraction of sp³-hybridized carbons (Fsp3) is 0.444. The van der Waals surface area contributed by atoms with Gasteiger partial charge in [-0.15, -0.1) is 6.42 Å². The first-order valence-electron chi connectivity index (χ1n) is 3.95. The van der Waals surface area contributed by atoms with Crippen LogP contribution < -0.4 is 0 Å². The van der Waals surface area contributed by atoms with E-state index in [0.717, 1.165) is 0 Å². The van der Waals surface area contributed by atoms with E-state index in [0.29, 0.717) is 0 Å². The Kier molecular flexibility index (Phi) is 5.79. The molecule has 0 spiro atoms.